The van der Waals surface area contributed by atoms with E-state index in [0.717, 1.165) is 30.6 Å². The number of aromatic hydroxyl groups is 1. The van der Waals surface area contributed by atoms with Gasteiger partial charge in [0.05, 0.1) is 0 Å². The Labute approximate surface area is 97.9 Å². The zero-order valence-corrected chi connectivity index (χ0v) is 10.5. The Morgan fingerprint density at radius 3 is 2.47 bits per heavy atom. The van der Waals surface area contributed by atoms with E-state index in [9.17, 15) is 5.11 Å². The van der Waals surface area contributed by atoms with Gasteiger partial charge in [-0.25, -0.2) is 0 Å². The molecular formula is C13H20OS. The quantitative estimate of drug-likeness (QED) is 0.725. The summed E-state index contributed by atoms with van der Waals surface area (Å²) in [6.07, 6.45) is 5.57. The maximum atomic E-state index is 9.62. The Kier molecular flexibility index (Phi) is 5.03. The summed E-state index contributed by atoms with van der Waals surface area (Å²) in [7, 11) is 0. The number of rotatable bonds is 5. The zero-order chi connectivity index (χ0) is 11.3. The number of benzene rings is 1. The van der Waals surface area contributed by atoms with Gasteiger partial charge in [-0.05, 0) is 36.5 Å². The topological polar surface area (TPSA) is 20.2 Å². The first kappa shape index (κ1) is 12.4. The van der Waals surface area contributed by atoms with Gasteiger partial charge >= 0.3 is 0 Å². The highest BCUT2D eigenvalue weighted by molar-refractivity contribution is 7.80. The number of aryl methyl sites for hydroxylation is 1. The highest BCUT2D eigenvalue weighted by Gasteiger charge is 2.09. The van der Waals surface area contributed by atoms with Gasteiger partial charge in [-0.2, -0.15) is 0 Å². The fourth-order valence-corrected chi connectivity index (χ4v) is 2.13. The summed E-state index contributed by atoms with van der Waals surface area (Å²) in [5, 5.41) is 9.62. The van der Waals surface area contributed by atoms with E-state index >= 15 is 0 Å². The van der Waals surface area contributed by atoms with Crippen molar-refractivity contribution in [3.05, 3.63) is 23.3 Å². The summed E-state index contributed by atoms with van der Waals surface area (Å²) in [5.74, 6) is 0.310. The Hall–Kier alpha value is -0.630. The van der Waals surface area contributed by atoms with Gasteiger partial charge in [-0.1, -0.05) is 32.8 Å². The van der Waals surface area contributed by atoms with E-state index in [-0.39, 0.29) is 0 Å². The van der Waals surface area contributed by atoms with E-state index < -0.39 is 0 Å². The molecule has 0 unspecified atom stereocenters. The molecule has 84 valence electrons. The van der Waals surface area contributed by atoms with E-state index in [1.165, 1.54) is 17.5 Å². The number of phenolic OH excluding ortho intramolecular Hbond substituents is 1. The second kappa shape index (κ2) is 6.06. The van der Waals surface area contributed by atoms with Crippen LogP contribution < -0.4 is 0 Å². The molecule has 0 aromatic heterocycles. The molecule has 0 aliphatic heterocycles. The fourth-order valence-electron chi connectivity index (χ4n) is 1.80. The predicted molar refractivity (Wildman–Crippen MR) is 68.0 cm³/mol. The van der Waals surface area contributed by atoms with Crippen LogP contribution in [0, 0.1) is 0 Å². The van der Waals surface area contributed by atoms with Crippen LogP contribution in [-0.4, -0.2) is 5.11 Å². The molecule has 0 saturated carbocycles. The van der Waals surface area contributed by atoms with Crippen molar-refractivity contribution < 1.29 is 5.11 Å². The summed E-state index contributed by atoms with van der Waals surface area (Å²) >= 11 is 4.40. The van der Waals surface area contributed by atoms with Gasteiger partial charge in [0, 0.05) is 4.90 Å². The maximum Gasteiger partial charge on any atom is 0.129 e. The third kappa shape index (κ3) is 3.16. The number of phenols is 1. The maximum absolute atomic E-state index is 9.62. The van der Waals surface area contributed by atoms with Gasteiger partial charge in [-0.3, -0.25) is 0 Å². The third-order valence-electron chi connectivity index (χ3n) is 2.66. The molecule has 15 heavy (non-hydrogen) atoms. The van der Waals surface area contributed by atoms with Crippen LogP contribution in [0.2, 0.25) is 0 Å². The van der Waals surface area contributed by atoms with Gasteiger partial charge in [0.15, 0.2) is 0 Å². The van der Waals surface area contributed by atoms with Crippen LogP contribution in [0.25, 0.3) is 0 Å². The normalized spacial score (nSPS) is 10.6. The van der Waals surface area contributed by atoms with Gasteiger partial charge < -0.3 is 5.11 Å². The number of hydrogen-bond donors (Lipinski definition) is 2. The second-order valence-electron chi connectivity index (χ2n) is 3.92. The Morgan fingerprint density at radius 2 is 1.87 bits per heavy atom. The summed E-state index contributed by atoms with van der Waals surface area (Å²) < 4.78 is 0. The SMILES string of the molecule is CCCCc1c(CCC)ccc(O)c1S. The van der Waals surface area contributed by atoms with Crippen molar-refractivity contribution in [1.29, 1.82) is 0 Å². The van der Waals surface area contributed by atoms with Gasteiger partial charge in [0.1, 0.15) is 5.75 Å². The van der Waals surface area contributed by atoms with Crippen LogP contribution in [0.15, 0.2) is 17.0 Å². The molecule has 1 aromatic carbocycles. The van der Waals surface area contributed by atoms with Crippen molar-refractivity contribution in [3.8, 4) is 5.75 Å². The molecule has 0 aliphatic rings. The van der Waals surface area contributed by atoms with Gasteiger partial charge in [0.25, 0.3) is 0 Å². The lowest BCUT2D eigenvalue weighted by molar-refractivity contribution is 0.460. The minimum atomic E-state index is 0.310. The van der Waals surface area contributed by atoms with Crippen molar-refractivity contribution in [3.63, 3.8) is 0 Å². The van der Waals surface area contributed by atoms with E-state index in [1.807, 2.05) is 6.07 Å². The smallest absolute Gasteiger partial charge is 0.129 e. The van der Waals surface area contributed by atoms with Crippen molar-refractivity contribution in [1.82, 2.24) is 0 Å². The molecule has 1 nitrogen and oxygen atoms in total. The molecule has 0 saturated heterocycles. The number of thiol groups is 1. The molecule has 0 atom stereocenters. The van der Waals surface area contributed by atoms with Crippen LogP contribution in [0.3, 0.4) is 0 Å². The first-order valence-corrected chi connectivity index (χ1v) is 6.18. The van der Waals surface area contributed by atoms with Crippen LogP contribution in [-0.2, 0) is 12.8 Å². The molecule has 1 N–H and O–H groups in total. The van der Waals surface area contributed by atoms with E-state index in [4.69, 9.17) is 0 Å². The summed E-state index contributed by atoms with van der Waals surface area (Å²) in [5.41, 5.74) is 2.58. The molecule has 1 aromatic rings. The largest absolute Gasteiger partial charge is 0.507 e. The first-order chi connectivity index (χ1) is 7.20. The van der Waals surface area contributed by atoms with Crippen LogP contribution in [0.5, 0.6) is 5.75 Å². The van der Waals surface area contributed by atoms with E-state index in [0.29, 0.717) is 5.75 Å². The summed E-state index contributed by atoms with van der Waals surface area (Å²) in [4.78, 5) is 0.773. The van der Waals surface area contributed by atoms with Gasteiger partial charge in [-0.15, -0.1) is 12.6 Å². The molecule has 0 aliphatic carbocycles. The standard InChI is InChI=1S/C13H20OS/c1-3-5-7-11-10(6-4-2)8-9-12(14)13(11)15/h8-9,14-15H,3-7H2,1-2H3. The van der Waals surface area contributed by atoms with E-state index in [2.05, 4.69) is 26.5 Å². The molecule has 0 radical (unpaired) electrons. The zero-order valence-electron chi connectivity index (χ0n) is 9.58. The molecule has 1 rings (SSSR count). The van der Waals surface area contributed by atoms with Crippen molar-refractivity contribution in [2.24, 2.45) is 0 Å². The lowest BCUT2D eigenvalue weighted by Gasteiger charge is -2.12. The molecule has 0 fully saturated rings. The lowest BCUT2D eigenvalue weighted by Crippen LogP contribution is -1.96. The van der Waals surface area contributed by atoms with Gasteiger partial charge in [0.2, 0.25) is 0 Å². The summed E-state index contributed by atoms with van der Waals surface area (Å²) in [6, 6.07) is 3.78. The van der Waals surface area contributed by atoms with E-state index in [1.54, 1.807) is 6.07 Å². The lowest BCUT2D eigenvalue weighted by atomic mass is 9.98. The second-order valence-corrected chi connectivity index (χ2v) is 4.37. The average Bonchev–Trinajstić information content (AvgIpc) is 2.23. The fraction of sp³-hybridized carbons (Fsp3) is 0.538. The average molecular weight is 224 g/mol. The predicted octanol–water partition coefficient (Wildman–Crippen LogP) is 3.98. The molecular weight excluding hydrogens is 204 g/mol. The van der Waals surface area contributed by atoms with Crippen LogP contribution in [0.1, 0.15) is 44.2 Å². The summed E-state index contributed by atoms with van der Waals surface area (Å²) in [6.45, 7) is 4.36. The Balaban J connectivity index is 2.99. The monoisotopic (exact) mass is 224 g/mol. The van der Waals surface area contributed by atoms with Crippen molar-refractivity contribution in [2.75, 3.05) is 0 Å². The number of hydrogen-bond acceptors (Lipinski definition) is 2. The Morgan fingerprint density at radius 1 is 1.13 bits per heavy atom. The minimum Gasteiger partial charge on any atom is -0.507 e. The molecule has 0 bridgehead atoms. The first-order valence-electron chi connectivity index (χ1n) is 5.73. The highest BCUT2D eigenvalue weighted by Crippen LogP contribution is 2.30. The van der Waals surface area contributed by atoms with Crippen LogP contribution >= 0.6 is 12.6 Å². The Bertz CT molecular complexity index is 321. The minimum absolute atomic E-state index is 0.310. The number of unbranched alkanes of at least 4 members (excludes halogenated alkanes) is 1. The molecule has 0 heterocycles. The third-order valence-corrected chi connectivity index (χ3v) is 3.16. The molecule has 0 amide bonds. The molecule has 0 spiro atoms. The molecule has 2 heteroatoms. The van der Waals surface area contributed by atoms with Crippen LogP contribution in [0.4, 0.5) is 0 Å². The van der Waals surface area contributed by atoms with Crippen molar-refractivity contribution >= 4 is 12.6 Å². The highest BCUT2D eigenvalue weighted by atomic mass is 32.1. The van der Waals surface area contributed by atoms with Crippen molar-refractivity contribution in [2.45, 2.75) is 50.8 Å².